The van der Waals surface area contributed by atoms with Gasteiger partial charge in [0.1, 0.15) is 0 Å². The van der Waals surface area contributed by atoms with Crippen molar-refractivity contribution in [3.63, 3.8) is 0 Å². The largest absolute Gasteiger partial charge is 0.310 e. The molecule has 3 nitrogen and oxygen atoms in total. The fourth-order valence-corrected chi connectivity index (χ4v) is 4.86. The summed E-state index contributed by atoms with van der Waals surface area (Å²) in [6.45, 7) is 11.9. The standard InChI is InChI=1S/C30H39N3/c1-6-7-8-9-26-27-13-10-21(4)14-28(27)22(5)25(15-23-11-12-23)16-29(26)30-32-18-24(19-33-30)17-31-20(2)3/h10,13-14,18-20,22-23,25,31H,6-7,11-12,15-17H2,1-5H3. The predicted molar refractivity (Wildman–Crippen MR) is 139 cm³/mol. The molecule has 0 spiro atoms. The smallest absolute Gasteiger partial charge is 0.156 e. The monoisotopic (exact) mass is 441 g/mol. The first-order valence-corrected chi connectivity index (χ1v) is 12.8. The lowest BCUT2D eigenvalue weighted by atomic mass is 9.80. The van der Waals surface area contributed by atoms with E-state index in [1.807, 2.05) is 12.4 Å². The molecule has 2 aromatic rings. The van der Waals surface area contributed by atoms with Crippen molar-refractivity contribution in [3.8, 4) is 11.8 Å². The van der Waals surface area contributed by atoms with Crippen molar-refractivity contribution in [2.75, 3.05) is 0 Å². The minimum absolute atomic E-state index is 0.444. The number of fused-ring (bicyclic) bond motifs is 1. The second-order valence-corrected chi connectivity index (χ2v) is 10.4. The molecule has 0 saturated heterocycles. The zero-order valence-electron chi connectivity index (χ0n) is 21.0. The Kier molecular flexibility index (Phi) is 7.66. The van der Waals surface area contributed by atoms with E-state index in [-0.39, 0.29) is 0 Å². The van der Waals surface area contributed by atoms with Crippen LogP contribution < -0.4 is 5.32 Å². The molecule has 0 amide bonds. The fraction of sp³-hybridized carbons (Fsp3) is 0.533. The van der Waals surface area contributed by atoms with E-state index in [1.165, 1.54) is 41.5 Å². The number of hydrogen-bond acceptors (Lipinski definition) is 3. The van der Waals surface area contributed by atoms with Crippen LogP contribution in [-0.4, -0.2) is 16.0 Å². The molecule has 0 aliphatic heterocycles. The highest BCUT2D eigenvalue weighted by Crippen LogP contribution is 2.48. The summed E-state index contributed by atoms with van der Waals surface area (Å²) < 4.78 is 0. The zero-order valence-corrected chi connectivity index (χ0v) is 21.0. The van der Waals surface area contributed by atoms with Gasteiger partial charge in [-0.2, -0.15) is 0 Å². The van der Waals surface area contributed by atoms with E-state index in [4.69, 9.17) is 9.97 Å². The Morgan fingerprint density at radius 3 is 2.58 bits per heavy atom. The summed E-state index contributed by atoms with van der Waals surface area (Å²) in [6, 6.07) is 7.36. The van der Waals surface area contributed by atoms with E-state index < -0.39 is 0 Å². The predicted octanol–water partition coefficient (Wildman–Crippen LogP) is 6.92. The van der Waals surface area contributed by atoms with Gasteiger partial charge in [-0.3, -0.25) is 0 Å². The van der Waals surface area contributed by atoms with Crippen molar-refractivity contribution in [2.24, 2.45) is 11.8 Å². The minimum atomic E-state index is 0.444. The molecule has 0 radical (unpaired) electrons. The van der Waals surface area contributed by atoms with E-state index in [2.05, 4.69) is 70.0 Å². The first kappa shape index (κ1) is 23.7. The third-order valence-electron chi connectivity index (χ3n) is 7.05. The van der Waals surface area contributed by atoms with Gasteiger partial charge >= 0.3 is 0 Å². The van der Waals surface area contributed by atoms with E-state index in [0.29, 0.717) is 17.9 Å². The molecular weight excluding hydrogens is 402 g/mol. The van der Waals surface area contributed by atoms with Gasteiger partial charge in [-0.25, -0.2) is 9.97 Å². The lowest BCUT2D eigenvalue weighted by molar-refractivity contribution is 0.402. The van der Waals surface area contributed by atoms with Gasteiger partial charge < -0.3 is 5.32 Å². The molecular formula is C30H39N3. The molecule has 3 heteroatoms. The second-order valence-electron chi connectivity index (χ2n) is 10.4. The quantitative estimate of drug-likeness (QED) is 0.474. The third-order valence-corrected chi connectivity index (χ3v) is 7.05. The Hall–Kier alpha value is -2.44. The van der Waals surface area contributed by atoms with Crippen molar-refractivity contribution in [2.45, 2.75) is 91.6 Å². The number of aromatic nitrogens is 2. The van der Waals surface area contributed by atoms with Crippen LogP contribution in [-0.2, 0) is 6.54 Å². The van der Waals surface area contributed by atoms with Gasteiger partial charge in [-0.1, -0.05) is 76.1 Å². The maximum Gasteiger partial charge on any atom is 0.156 e. The van der Waals surface area contributed by atoms with Crippen molar-refractivity contribution in [1.29, 1.82) is 0 Å². The van der Waals surface area contributed by atoms with Gasteiger partial charge in [0.05, 0.1) is 0 Å². The number of hydrogen-bond donors (Lipinski definition) is 1. The third kappa shape index (κ3) is 5.92. The molecule has 2 unspecified atom stereocenters. The van der Waals surface area contributed by atoms with Crippen molar-refractivity contribution >= 4 is 11.1 Å². The molecule has 33 heavy (non-hydrogen) atoms. The maximum atomic E-state index is 4.87. The highest BCUT2D eigenvalue weighted by atomic mass is 14.9. The van der Waals surface area contributed by atoms with E-state index in [0.717, 1.165) is 48.7 Å². The fourth-order valence-electron chi connectivity index (χ4n) is 4.86. The number of aryl methyl sites for hydroxylation is 1. The number of nitrogens with one attached hydrogen (secondary N) is 1. The summed E-state index contributed by atoms with van der Waals surface area (Å²) in [5.41, 5.74) is 7.58. The van der Waals surface area contributed by atoms with Crippen LogP contribution in [0.15, 0.2) is 30.6 Å². The van der Waals surface area contributed by atoms with E-state index in [1.54, 1.807) is 0 Å². The van der Waals surface area contributed by atoms with E-state index in [9.17, 15) is 0 Å². The minimum Gasteiger partial charge on any atom is -0.310 e. The topological polar surface area (TPSA) is 37.8 Å². The first-order valence-electron chi connectivity index (χ1n) is 12.8. The average molecular weight is 442 g/mol. The number of benzene rings is 1. The van der Waals surface area contributed by atoms with Crippen molar-refractivity contribution in [1.82, 2.24) is 15.3 Å². The molecule has 4 rings (SSSR count). The summed E-state index contributed by atoms with van der Waals surface area (Å²) >= 11 is 0. The van der Waals surface area contributed by atoms with Crippen LogP contribution in [0.2, 0.25) is 0 Å². The molecule has 174 valence electrons. The van der Waals surface area contributed by atoms with Crippen LogP contribution in [0.3, 0.4) is 0 Å². The normalized spacial score (nSPS) is 20.3. The summed E-state index contributed by atoms with van der Waals surface area (Å²) in [5, 5.41) is 3.46. The molecule has 1 saturated carbocycles. The van der Waals surface area contributed by atoms with Crippen LogP contribution in [0, 0.1) is 30.6 Å². The van der Waals surface area contributed by atoms with Crippen LogP contribution in [0.1, 0.15) is 100 Å². The van der Waals surface area contributed by atoms with Crippen molar-refractivity contribution in [3.05, 3.63) is 58.7 Å². The van der Waals surface area contributed by atoms with Gasteiger partial charge in [-0.15, -0.1) is 0 Å². The summed E-state index contributed by atoms with van der Waals surface area (Å²) in [6.07, 6.45) is 11.0. The van der Waals surface area contributed by atoms with Crippen LogP contribution in [0.4, 0.5) is 0 Å². The van der Waals surface area contributed by atoms with Crippen molar-refractivity contribution < 1.29 is 0 Å². The Morgan fingerprint density at radius 1 is 1.15 bits per heavy atom. The molecule has 1 aromatic carbocycles. The van der Waals surface area contributed by atoms with Gasteiger partial charge in [0.15, 0.2) is 5.82 Å². The lowest BCUT2D eigenvalue weighted by Crippen LogP contribution is -2.22. The summed E-state index contributed by atoms with van der Waals surface area (Å²) in [5.74, 6) is 9.89. The van der Waals surface area contributed by atoms with Crippen LogP contribution >= 0.6 is 0 Å². The lowest BCUT2D eigenvalue weighted by Gasteiger charge is -2.24. The first-order chi connectivity index (χ1) is 16.0. The Bertz CT molecular complexity index is 1050. The average Bonchev–Trinajstić information content (AvgIpc) is 3.63. The molecule has 2 atom stereocenters. The second kappa shape index (κ2) is 10.7. The summed E-state index contributed by atoms with van der Waals surface area (Å²) in [4.78, 5) is 9.74. The van der Waals surface area contributed by atoms with Gasteiger partial charge in [0.25, 0.3) is 0 Å². The molecule has 2 aliphatic carbocycles. The Balaban J connectivity index is 1.80. The highest BCUT2D eigenvalue weighted by Gasteiger charge is 2.34. The number of allylic oxidation sites excluding steroid dienone is 2. The zero-order chi connectivity index (χ0) is 23.4. The number of nitrogens with zero attached hydrogens (tertiary/aromatic N) is 2. The highest BCUT2D eigenvalue weighted by molar-refractivity contribution is 5.98. The molecule has 1 heterocycles. The van der Waals surface area contributed by atoms with Crippen LogP contribution in [0.5, 0.6) is 0 Å². The SMILES string of the molecule is CCCC#CC1=C(c2ncc(CNC(C)C)cn2)CC(CC2CC2)C(C)c2cc(C)ccc21. The molecule has 1 N–H and O–H groups in total. The number of unbranched alkanes of at least 4 members (excludes halogenated alkanes) is 1. The van der Waals surface area contributed by atoms with Gasteiger partial charge in [0, 0.05) is 48.1 Å². The molecule has 1 aromatic heterocycles. The van der Waals surface area contributed by atoms with E-state index >= 15 is 0 Å². The molecule has 2 aliphatic rings. The molecule has 0 bridgehead atoms. The van der Waals surface area contributed by atoms with Gasteiger partial charge in [0.2, 0.25) is 0 Å². The Morgan fingerprint density at radius 2 is 1.91 bits per heavy atom. The van der Waals surface area contributed by atoms with Crippen LogP contribution in [0.25, 0.3) is 11.1 Å². The maximum absolute atomic E-state index is 4.87. The van der Waals surface area contributed by atoms with Gasteiger partial charge in [-0.05, 0) is 55.1 Å². The number of rotatable bonds is 7. The molecule has 1 fully saturated rings. The summed E-state index contributed by atoms with van der Waals surface area (Å²) in [7, 11) is 0. The Labute approximate surface area is 200 Å².